The van der Waals surface area contributed by atoms with Crippen molar-refractivity contribution in [1.29, 1.82) is 0 Å². The summed E-state index contributed by atoms with van der Waals surface area (Å²) in [5.41, 5.74) is 1.74. The maximum Gasteiger partial charge on any atom is 0.160 e. The SMILES string of the molecule is COc1cc([C@H]2N[C@H](c3ccc(O)c(OC)c3)[C@H](C)C(=O)[C@H]2C)ccc1O. The van der Waals surface area contributed by atoms with Crippen LogP contribution in [0.5, 0.6) is 23.0 Å². The van der Waals surface area contributed by atoms with Crippen LogP contribution in [0.25, 0.3) is 0 Å². The van der Waals surface area contributed by atoms with Gasteiger partial charge in [-0.2, -0.15) is 0 Å². The van der Waals surface area contributed by atoms with Gasteiger partial charge in [0.05, 0.1) is 14.2 Å². The molecule has 0 amide bonds. The van der Waals surface area contributed by atoms with Crippen molar-refractivity contribution in [3.8, 4) is 23.0 Å². The number of ketones is 1. The lowest BCUT2D eigenvalue weighted by Gasteiger charge is -2.39. The maximum atomic E-state index is 12.9. The molecule has 2 aromatic rings. The number of hydrogen-bond acceptors (Lipinski definition) is 6. The number of piperidine rings is 1. The average molecular weight is 371 g/mol. The van der Waals surface area contributed by atoms with E-state index in [0.29, 0.717) is 11.5 Å². The van der Waals surface area contributed by atoms with Crippen molar-refractivity contribution < 1.29 is 24.5 Å². The summed E-state index contributed by atoms with van der Waals surface area (Å²) in [5, 5.41) is 23.3. The summed E-state index contributed by atoms with van der Waals surface area (Å²) in [5.74, 6) is 0.552. The molecule has 27 heavy (non-hydrogen) atoms. The Hall–Kier alpha value is -2.73. The highest BCUT2D eigenvalue weighted by Crippen LogP contribution is 2.41. The smallest absolute Gasteiger partial charge is 0.160 e. The van der Waals surface area contributed by atoms with Crippen LogP contribution in [0.15, 0.2) is 36.4 Å². The van der Waals surface area contributed by atoms with Gasteiger partial charge >= 0.3 is 0 Å². The molecule has 1 heterocycles. The third-order valence-electron chi connectivity index (χ3n) is 5.38. The van der Waals surface area contributed by atoms with Crippen LogP contribution in [0.1, 0.15) is 37.1 Å². The zero-order valence-electron chi connectivity index (χ0n) is 15.9. The van der Waals surface area contributed by atoms with E-state index in [2.05, 4.69) is 5.32 Å². The Morgan fingerprint density at radius 3 is 1.59 bits per heavy atom. The van der Waals surface area contributed by atoms with Crippen molar-refractivity contribution in [3.63, 3.8) is 0 Å². The number of benzene rings is 2. The first-order valence-electron chi connectivity index (χ1n) is 8.91. The first-order valence-corrected chi connectivity index (χ1v) is 8.91. The topological polar surface area (TPSA) is 88.0 Å². The number of carbonyl (C=O) groups excluding carboxylic acids is 1. The van der Waals surface area contributed by atoms with Gasteiger partial charge in [0.25, 0.3) is 0 Å². The van der Waals surface area contributed by atoms with E-state index in [4.69, 9.17) is 9.47 Å². The molecule has 0 unspecified atom stereocenters. The third kappa shape index (κ3) is 3.45. The monoisotopic (exact) mass is 371 g/mol. The summed E-state index contributed by atoms with van der Waals surface area (Å²) in [6, 6.07) is 9.78. The molecular weight excluding hydrogens is 346 g/mol. The summed E-state index contributed by atoms with van der Waals surface area (Å²) < 4.78 is 10.4. The second kappa shape index (κ2) is 7.48. The van der Waals surface area contributed by atoms with E-state index in [-0.39, 0.29) is 41.2 Å². The van der Waals surface area contributed by atoms with Gasteiger partial charge in [0, 0.05) is 23.9 Å². The van der Waals surface area contributed by atoms with Gasteiger partial charge in [-0.25, -0.2) is 0 Å². The number of Topliss-reactive ketones (excluding diaryl/α,β-unsaturated/α-hetero) is 1. The van der Waals surface area contributed by atoms with Crippen LogP contribution >= 0.6 is 0 Å². The second-order valence-electron chi connectivity index (χ2n) is 6.96. The van der Waals surface area contributed by atoms with Crippen molar-refractivity contribution in [1.82, 2.24) is 5.32 Å². The van der Waals surface area contributed by atoms with Crippen LogP contribution in [-0.2, 0) is 4.79 Å². The Morgan fingerprint density at radius 1 is 0.815 bits per heavy atom. The average Bonchev–Trinajstić information content (AvgIpc) is 2.67. The van der Waals surface area contributed by atoms with E-state index in [1.54, 1.807) is 36.4 Å². The molecule has 0 saturated carbocycles. The standard InChI is InChI=1S/C21H25NO5/c1-11-19(13-5-7-15(23)17(9-13)26-3)22-20(12(2)21(11)25)14-6-8-16(24)18(10-14)27-4/h5-12,19-20,22-24H,1-4H3/t11-,12-,19-,20-/m0/s1. The van der Waals surface area contributed by atoms with Gasteiger partial charge in [-0.05, 0) is 35.4 Å². The Balaban J connectivity index is 1.99. The molecular formula is C21H25NO5. The fourth-order valence-electron chi connectivity index (χ4n) is 3.77. The fraction of sp³-hybridized carbons (Fsp3) is 0.381. The quantitative estimate of drug-likeness (QED) is 0.764. The van der Waals surface area contributed by atoms with Gasteiger partial charge in [-0.3, -0.25) is 4.79 Å². The van der Waals surface area contributed by atoms with Gasteiger partial charge in [0.1, 0.15) is 5.78 Å². The Kier molecular flexibility index (Phi) is 5.28. The first-order chi connectivity index (χ1) is 12.9. The van der Waals surface area contributed by atoms with Crippen molar-refractivity contribution >= 4 is 5.78 Å². The highest BCUT2D eigenvalue weighted by atomic mass is 16.5. The van der Waals surface area contributed by atoms with Gasteiger partial charge in [-0.1, -0.05) is 26.0 Å². The number of phenols is 2. The van der Waals surface area contributed by atoms with Gasteiger partial charge in [0.2, 0.25) is 0 Å². The van der Waals surface area contributed by atoms with E-state index in [1.165, 1.54) is 14.2 Å². The van der Waals surface area contributed by atoms with E-state index in [9.17, 15) is 15.0 Å². The van der Waals surface area contributed by atoms with Crippen molar-refractivity contribution in [2.75, 3.05) is 14.2 Å². The fourth-order valence-corrected chi connectivity index (χ4v) is 3.77. The second-order valence-corrected chi connectivity index (χ2v) is 6.96. The highest BCUT2D eigenvalue weighted by Gasteiger charge is 2.40. The summed E-state index contributed by atoms with van der Waals surface area (Å²) >= 11 is 0. The number of rotatable bonds is 4. The summed E-state index contributed by atoms with van der Waals surface area (Å²) in [6.45, 7) is 3.81. The third-order valence-corrected chi connectivity index (χ3v) is 5.38. The van der Waals surface area contributed by atoms with Crippen LogP contribution in [0.3, 0.4) is 0 Å². The molecule has 2 aromatic carbocycles. The number of ether oxygens (including phenoxy) is 2. The van der Waals surface area contributed by atoms with E-state index in [1.807, 2.05) is 13.8 Å². The molecule has 0 aliphatic carbocycles. The van der Waals surface area contributed by atoms with Crippen molar-refractivity contribution in [2.24, 2.45) is 11.8 Å². The lowest BCUT2D eigenvalue weighted by atomic mass is 9.76. The van der Waals surface area contributed by atoms with Crippen LogP contribution in [0.2, 0.25) is 0 Å². The molecule has 1 aliphatic rings. The number of nitrogens with one attached hydrogen (secondary N) is 1. The summed E-state index contributed by atoms with van der Waals surface area (Å²) in [6.07, 6.45) is 0. The molecule has 144 valence electrons. The Bertz CT molecular complexity index is 783. The Morgan fingerprint density at radius 2 is 1.22 bits per heavy atom. The molecule has 3 rings (SSSR count). The summed E-state index contributed by atoms with van der Waals surface area (Å²) in [4.78, 5) is 12.9. The molecule has 3 N–H and O–H groups in total. The molecule has 6 nitrogen and oxygen atoms in total. The molecule has 4 atom stereocenters. The molecule has 1 fully saturated rings. The van der Waals surface area contributed by atoms with Crippen molar-refractivity contribution in [2.45, 2.75) is 25.9 Å². The van der Waals surface area contributed by atoms with Crippen LogP contribution in [-0.4, -0.2) is 30.2 Å². The minimum absolute atomic E-state index is 0.0595. The predicted octanol–water partition coefficient (Wildman–Crippen LogP) is 3.34. The van der Waals surface area contributed by atoms with Crippen LogP contribution in [0.4, 0.5) is 0 Å². The van der Waals surface area contributed by atoms with Gasteiger partial charge in [0.15, 0.2) is 23.0 Å². The molecule has 1 saturated heterocycles. The molecule has 1 aliphatic heterocycles. The molecule has 0 spiro atoms. The van der Waals surface area contributed by atoms with E-state index < -0.39 is 0 Å². The lowest BCUT2D eigenvalue weighted by Crippen LogP contribution is -2.46. The zero-order valence-corrected chi connectivity index (χ0v) is 15.9. The van der Waals surface area contributed by atoms with Gasteiger partial charge < -0.3 is 25.0 Å². The number of carbonyl (C=O) groups is 1. The minimum atomic E-state index is -0.232. The molecule has 0 radical (unpaired) electrons. The van der Waals surface area contributed by atoms with Crippen molar-refractivity contribution in [3.05, 3.63) is 47.5 Å². The number of aromatic hydroxyl groups is 2. The Labute approximate surface area is 158 Å². The predicted molar refractivity (Wildman–Crippen MR) is 101 cm³/mol. The first kappa shape index (κ1) is 19.0. The lowest BCUT2D eigenvalue weighted by molar-refractivity contribution is -0.130. The minimum Gasteiger partial charge on any atom is -0.504 e. The zero-order chi connectivity index (χ0) is 19.7. The highest BCUT2D eigenvalue weighted by molar-refractivity contribution is 5.85. The number of hydrogen-bond donors (Lipinski definition) is 3. The molecule has 0 bridgehead atoms. The largest absolute Gasteiger partial charge is 0.504 e. The maximum absolute atomic E-state index is 12.9. The summed E-state index contributed by atoms with van der Waals surface area (Å²) in [7, 11) is 2.99. The van der Waals surface area contributed by atoms with Crippen LogP contribution in [0, 0.1) is 11.8 Å². The van der Waals surface area contributed by atoms with E-state index >= 15 is 0 Å². The molecule has 0 aromatic heterocycles. The van der Waals surface area contributed by atoms with Crippen LogP contribution < -0.4 is 14.8 Å². The normalized spacial score (nSPS) is 25.3. The van der Waals surface area contributed by atoms with Gasteiger partial charge in [-0.15, -0.1) is 0 Å². The van der Waals surface area contributed by atoms with E-state index in [0.717, 1.165) is 11.1 Å². The number of phenolic OH excluding ortho intramolecular Hbond substituents is 2. The molecule has 6 heteroatoms. The number of methoxy groups -OCH3 is 2.